The molecule has 0 unspecified atom stereocenters. The summed E-state index contributed by atoms with van der Waals surface area (Å²) in [6.07, 6.45) is 0. The van der Waals surface area contributed by atoms with E-state index in [1.807, 2.05) is 12.1 Å². The van der Waals surface area contributed by atoms with Crippen LogP contribution in [0, 0.1) is 0 Å². The van der Waals surface area contributed by atoms with E-state index in [-0.39, 0.29) is 40.4 Å². The van der Waals surface area contributed by atoms with E-state index in [0.717, 1.165) is 0 Å². The topological polar surface area (TPSA) is 76.7 Å². The molecule has 6 nitrogen and oxygen atoms in total. The van der Waals surface area contributed by atoms with Gasteiger partial charge in [-0.05, 0) is 24.3 Å². The third-order valence-corrected chi connectivity index (χ3v) is 3.49. The molecule has 2 rings (SSSR count). The van der Waals surface area contributed by atoms with Crippen LogP contribution in [-0.4, -0.2) is 37.5 Å². The molecular formula is C18H20CuN2O4S2. The van der Waals surface area contributed by atoms with Gasteiger partial charge in [0.05, 0.1) is 14.2 Å². The molecule has 0 spiro atoms. The van der Waals surface area contributed by atoms with Crippen molar-refractivity contribution in [1.29, 1.82) is 0 Å². The molecule has 149 valence electrons. The van der Waals surface area contributed by atoms with Gasteiger partial charge >= 0.3 is 17.1 Å². The van der Waals surface area contributed by atoms with Crippen molar-refractivity contribution in [2.24, 2.45) is 0 Å². The molecule has 0 aliphatic carbocycles. The second-order valence-corrected chi connectivity index (χ2v) is 5.43. The first-order chi connectivity index (χ1) is 12.5. The van der Waals surface area contributed by atoms with E-state index in [9.17, 15) is 9.59 Å². The number of carbonyl (C=O) groups excluding carboxylic acids is 2. The zero-order valence-corrected chi connectivity index (χ0v) is 17.4. The summed E-state index contributed by atoms with van der Waals surface area (Å²) in [6, 6.07) is 14.3. The first-order valence-electron chi connectivity index (χ1n) is 7.56. The average molecular weight is 456 g/mol. The van der Waals surface area contributed by atoms with Crippen LogP contribution in [0.4, 0.5) is 11.4 Å². The van der Waals surface area contributed by atoms with Crippen LogP contribution in [0.15, 0.2) is 48.5 Å². The zero-order chi connectivity index (χ0) is 19.4. The molecule has 2 N–H and O–H groups in total. The molecule has 0 atom stereocenters. The summed E-state index contributed by atoms with van der Waals surface area (Å²) in [5, 5.41) is 5.29. The number of ether oxygens (including phenoxy) is 2. The Morgan fingerprint density at radius 1 is 0.815 bits per heavy atom. The Morgan fingerprint density at radius 3 is 1.48 bits per heavy atom. The van der Waals surface area contributed by atoms with E-state index in [0.29, 0.717) is 22.9 Å². The molecule has 0 saturated heterocycles. The van der Waals surface area contributed by atoms with Crippen molar-refractivity contribution in [1.82, 2.24) is 0 Å². The Bertz CT molecular complexity index is 671. The third kappa shape index (κ3) is 10.2. The Kier molecular flexibility index (Phi) is 13.3. The van der Waals surface area contributed by atoms with Crippen LogP contribution >= 0.6 is 0 Å². The molecule has 9 heteroatoms. The third-order valence-electron chi connectivity index (χ3n) is 2.97. The molecule has 0 aliphatic rings. The summed E-state index contributed by atoms with van der Waals surface area (Å²) in [4.78, 5) is 21.8. The van der Waals surface area contributed by atoms with Crippen LogP contribution in [0.3, 0.4) is 0 Å². The minimum Gasteiger partial charge on any atom is -0.783 e. The van der Waals surface area contributed by atoms with Gasteiger partial charge in [0.2, 0.25) is 0 Å². The fraction of sp³-hybridized carbons (Fsp3) is 0.222. The molecule has 0 fully saturated rings. The quantitative estimate of drug-likeness (QED) is 0.514. The van der Waals surface area contributed by atoms with Crippen molar-refractivity contribution >= 4 is 48.4 Å². The molecule has 0 bridgehead atoms. The van der Waals surface area contributed by atoms with E-state index in [1.165, 1.54) is 0 Å². The van der Waals surface area contributed by atoms with Gasteiger partial charge in [-0.2, -0.15) is 0 Å². The summed E-state index contributed by atoms with van der Waals surface area (Å²) in [6.45, 7) is 0. The number of rotatable bonds is 6. The number of anilines is 2. The monoisotopic (exact) mass is 455 g/mol. The van der Waals surface area contributed by atoms with Crippen LogP contribution in [0.1, 0.15) is 0 Å². The summed E-state index contributed by atoms with van der Waals surface area (Å²) in [7, 11) is 3.15. The van der Waals surface area contributed by atoms with Crippen molar-refractivity contribution < 1.29 is 36.1 Å². The minimum absolute atomic E-state index is 0. The van der Waals surface area contributed by atoms with Crippen LogP contribution in [-0.2, 0) is 51.9 Å². The standard InChI is InChI=1S/2C9H11NO2S.Cu/c2*1-12-8-4-2-3-7(5-8)10-9(11)6-13;/h2*2-5,13H,6H2,1H3,(H,10,11);/q;;+2/p-2. The van der Waals surface area contributed by atoms with Crippen LogP contribution in [0.5, 0.6) is 11.5 Å². The molecule has 0 aliphatic heterocycles. The summed E-state index contributed by atoms with van der Waals surface area (Å²) >= 11 is 9.18. The van der Waals surface area contributed by atoms with Gasteiger partial charge in [-0.15, -0.1) is 0 Å². The fourth-order valence-electron chi connectivity index (χ4n) is 1.80. The largest absolute Gasteiger partial charge is 2.00 e. The first-order valence-corrected chi connectivity index (χ1v) is 8.71. The van der Waals surface area contributed by atoms with Gasteiger partial charge in [-0.25, -0.2) is 0 Å². The van der Waals surface area contributed by atoms with E-state index in [2.05, 4.69) is 35.9 Å². The second kappa shape index (κ2) is 14.3. The molecule has 0 saturated carbocycles. The van der Waals surface area contributed by atoms with Crippen molar-refractivity contribution in [2.45, 2.75) is 0 Å². The Labute approximate surface area is 180 Å². The van der Waals surface area contributed by atoms with Gasteiger partial charge in [-0.1, -0.05) is 23.6 Å². The van der Waals surface area contributed by atoms with Gasteiger partial charge in [0.1, 0.15) is 11.5 Å². The molecule has 0 aromatic heterocycles. The smallest absolute Gasteiger partial charge is 0.783 e. The maximum atomic E-state index is 10.9. The van der Waals surface area contributed by atoms with E-state index in [4.69, 9.17) is 9.47 Å². The summed E-state index contributed by atoms with van der Waals surface area (Å²) in [5.74, 6) is 1.20. The predicted octanol–water partition coefficient (Wildman–Crippen LogP) is 2.36. The minimum atomic E-state index is -0.178. The summed E-state index contributed by atoms with van der Waals surface area (Å²) < 4.78 is 9.99. The van der Waals surface area contributed by atoms with Gasteiger partial charge in [0, 0.05) is 23.5 Å². The van der Waals surface area contributed by atoms with Gasteiger partial charge < -0.3 is 45.4 Å². The molecule has 2 amide bonds. The number of amides is 2. The predicted molar refractivity (Wildman–Crippen MR) is 108 cm³/mol. The van der Waals surface area contributed by atoms with Crippen LogP contribution in [0.2, 0.25) is 0 Å². The number of hydrogen-bond donors (Lipinski definition) is 2. The fourth-order valence-corrected chi connectivity index (χ4v) is 1.94. The number of methoxy groups -OCH3 is 2. The van der Waals surface area contributed by atoms with Gasteiger partial charge in [-0.3, -0.25) is 9.59 Å². The second-order valence-electron chi connectivity index (χ2n) is 4.85. The van der Waals surface area contributed by atoms with Gasteiger partial charge in [0.15, 0.2) is 11.8 Å². The molecular weight excluding hydrogens is 436 g/mol. The first kappa shape index (κ1) is 25.2. The van der Waals surface area contributed by atoms with Crippen molar-refractivity contribution in [2.75, 3.05) is 36.4 Å². The number of hydrogen-bond acceptors (Lipinski definition) is 6. The normalized spacial score (nSPS) is 9.04. The SMILES string of the molecule is COc1cccc(NC(=O)C[S-])c1.COc1cccc(NC(=O)C[S-])c1.[Cu+2]. The van der Waals surface area contributed by atoms with E-state index in [1.54, 1.807) is 50.6 Å². The van der Waals surface area contributed by atoms with Crippen molar-refractivity contribution in [3.63, 3.8) is 0 Å². The van der Waals surface area contributed by atoms with E-state index >= 15 is 0 Å². The van der Waals surface area contributed by atoms with Crippen LogP contribution in [0.25, 0.3) is 0 Å². The average Bonchev–Trinajstić information content (AvgIpc) is 2.68. The molecule has 2 aromatic rings. The number of benzene rings is 2. The van der Waals surface area contributed by atoms with Crippen LogP contribution < -0.4 is 20.1 Å². The number of carbonyl (C=O) groups is 2. The van der Waals surface area contributed by atoms with Crippen molar-refractivity contribution in [3.05, 3.63) is 48.5 Å². The molecule has 2 aromatic carbocycles. The molecule has 27 heavy (non-hydrogen) atoms. The Morgan fingerprint density at radius 2 is 1.19 bits per heavy atom. The number of nitrogens with one attached hydrogen (secondary N) is 2. The Hall–Kier alpha value is -1.80. The molecule has 1 radical (unpaired) electrons. The maximum absolute atomic E-state index is 10.9. The van der Waals surface area contributed by atoms with E-state index < -0.39 is 0 Å². The van der Waals surface area contributed by atoms with Gasteiger partial charge in [0.25, 0.3) is 0 Å². The van der Waals surface area contributed by atoms with Crippen molar-refractivity contribution in [3.8, 4) is 11.5 Å². The summed E-state index contributed by atoms with van der Waals surface area (Å²) in [5.41, 5.74) is 1.41. The Balaban J connectivity index is 0.000000483. The molecule has 0 heterocycles. The zero-order valence-electron chi connectivity index (χ0n) is 14.8. The maximum Gasteiger partial charge on any atom is 2.00 e.